The molecule has 0 amide bonds. The van der Waals surface area contributed by atoms with Crippen LogP contribution in [0.1, 0.15) is 17.0 Å². The predicted octanol–water partition coefficient (Wildman–Crippen LogP) is 0.568. The van der Waals surface area contributed by atoms with Gasteiger partial charge in [0.05, 0.1) is 11.4 Å². The summed E-state index contributed by atoms with van der Waals surface area (Å²) in [6.07, 6.45) is 1.33. The molecule has 0 radical (unpaired) electrons. The number of aryl methyl sites for hydroxylation is 1. The Labute approximate surface area is 128 Å². The van der Waals surface area contributed by atoms with E-state index in [1.165, 1.54) is 23.7 Å². The maximum Gasteiger partial charge on any atom is 0.243 e. The number of nitrogens with one attached hydrogen (secondary N) is 1. The minimum atomic E-state index is -3.62. The third-order valence-electron chi connectivity index (χ3n) is 3.01. The first-order chi connectivity index (χ1) is 9.82. The van der Waals surface area contributed by atoms with Crippen molar-refractivity contribution in [3.63, 3.8) is 0 Å². The lowest BCUT2D eigenvalue weighted by atomic mass is 10.1. The zero-order valence-corrected chi connectivity index (χ0v) is 13.2. The van der Waals surface area contributed by atoms with Gasteiger partial charge in [0.2, 0.25) is 10.0 Å². The number of aromatic amines is 1. The number of hydrogen-bond donors (Lipinski definition) is 2. The zero-order chi connectivity index (χ0) is 15.6. The molecule has 0 saturated heterocycles. The van der Waals surface area contributed by atoms with Crippen LogP contribution >= 0.6 is 12.2 Å². The minimum absolute atomic E-state index is 0.110. The predicted molar refractivity (Wildman–Crippen MR) is 82.1 cm³/mol. The molecule has 21 heavy (non-hydrogen) atoms. The largest absolute Gasteiger partial charge is 0.389 e. The Balaban J connectivity index is 2.31. The first-order valence-corrected chi connectivity index (χ1v) is 7.88. The molecule has 0 atom stereocenters. The summed E-state index contributed by atoms with van der Waals surface area (Å²) in [7, 11) is -2.14. The van der Waals surface area contributed by atoms with Crippen LogP contribution in [0.3, 0.4) is 0 Å². The summed E-state index contributed by atoms with van der Waals surface area (Å²) in [5.41, 5.74) is 6.96. The van der Waals surface area contributed by atoms with Gasteiger partial charge in [0.15, 0.2) is 0 Å². The van der Waals surface area contributed by atoms with Gasteiger partial charge in [-0.05, 0) is 24.6 Å². The molecule has 7 nitrogen and oxygen atoms in total. The number of sulfonamides is 1. The SMILES string of the molecule is Cc1cc(S(=O)(=O)N(C)Cc2ncn[nH]2)ccc1C(N)=S. The lowest BCUT2D eigenvalue weighted by molar-refractivity contribution is 0.457. The van der Waals surface area contributed by atoms with Crippen LogP contribution in [0, 0.1) is 6.92 Å². The van der Waals surface area contributed by atoms with Crippen molar-refractivity contribution in [2.24, 2.45) is 5.73 Å². The highest BCUT2D eigenvalue weighted by Gasteiger charge is 2.22. The van der Waals surface area contributed by atoms with Gasteiger partial charge < -0.3 is 5.73 Å². The highest BCUT2D eigenvalue weighted by Crippen LogP contribution is 2.19. The Kier molecular flexibility index (Phi) is 4.35. The second kappa shape index (κ2) is 5.88. The molecule has 112 valence electrons. The average molecular weight is 325 g/mol. The normalized spacial score (nSPS) is 11.8. The molecular formula is C12H15N5O2S2. The number of thiocarbonyl (C=S) groups is 1. The maximum atomic E-state index is 12.5. The van der Waals surface area contributed by atoms with E-state index in [-0.39, 0.29) is 16.4 Å². The summed E-state index contributed by atoms with van der Waals surface area (Å²) in [5.74, 6) is 0.470. The summed E-state index contributed by atoms with van der Waals surface area (Å²) in [6, 6.07) is 4.67. The molecular weight excluding hydrogens is 310 g/mol. The monoisotopic (exact) mass is 325 g/mol. The third kappa shape index (κ3) is 3.26. The van der Waals surface area contributed by atoms with Crippen LogP contribution in [0.25, 0.3) is 0 Å². The fourth-order valence-corrected chi connectivity index (χ4v) is 3.30. The molecule has 0 unspecified atom stereocenters. The van der Waals surface area contributed by atoms with Crippen molar-refractivity contribution < 1.29 is 8.42 Å². The van der Waals surface area contributed by atoms with Gasteiger partial charge in [-0.2, -0.15) is 9.40 Å². The standard InChI is InChI=1S/C12H15N5O2S2/c1-8-5-9(3-4-10(8)12(13)20)21(18,19)17(2)6-11-14-7-15-16-11/h3-5,7H,6H2,1-2H3,(H2,13,20)(H,14,15,16). The van der Waals surface area contributed by atoms with Gasteiger partial charge in [0, 0.05) is 12.6 Å². The number of aromatic nitrogens is 3. The van der Waals surface area contributed by atoms with E-state index >= 15 is 0 Å². The molecule has 2 aromatic rings. The number of nitrogens with two attached hydrogens (primary N) is 1. The molecule has 0 bridgehead atoms. The van der Waals surface area contributed by atoms with Crippen molar-refractivity contribution >= 4 is 27.2 Å². The van der Waals surface area contributed by atoms with E-state index in [4.69, 9.17) is 18.0 Å². The molecule has 0 aliphatic heterocycles. The van der Waals surface area contributed by atoms with Crippen molar-refractivity contribution in [3.8, 4) is 0 Å². The van der Waals surface area contributed by atoms with E-state index in [1.807, 2.05) is 0 Å². The molecule has 0 aliphatic rings. The Morgan fingerprint density at radius 3 is 2.71 bits per heavy atom. The Morgan fingerprint density at radius 1 is 1.48 bits per heavy atom. The van der Waals surface area contributed by atoms with Crippen molar-refractivity contribution in [2.75, 3.05) is 7.05 Å². The van der Waals surface area contributed by atoms with Crippen molar-refractivity contribution in [3.05, 3.63) is 41.5 Å². The van der Waals surface area contributed by atoms with Gasteiger partial charge in [-0.1, -0.05) is 18.3 Å². The van der Waals surface area contributed by atoms with Gasteiger partial charge in [0.1, 0.15) is 17.1 Å². The van der Waals surface area contributed by atoms with Gasteiger partial charge >= 0.3 is 0 Å². The van der Waals surface area contributed by atoms with Crippen LogP contribution in [-0.4, -0.2) is 39.9 Å². The summed E-state index contributed by atoms with van der Waals surface area (Å²) < 4.78 is 26.2. The van der Waals surface area contributed by atoms with Gasteiger partial charge in [-0.3, -0.25) is 5.10 Å². The first-order valence-electron chi connectivity index (χ1n) is 6.03. The van der Waals surface area contributed by atoms with Crippen LogP contribution in [0.4, 0.5) is 0 Å². The Hall–Kier alpha value is -1.84. The zero-order valence-electron chi connectivity index (χ0n) is 11.6. The van der Waals surface area contributed by atoms with Gasteiger partial charge in [-0.15, -0.1) is 0 Å². The van der Waals surface area contributed by atoms with Crippen molar-refractivity contribution in [2.45, 2.75) is 18.4 Å². The molecule has 0 saturated carbocycles. The highest BCUT2D eigenvalue weighted by atomic mass is 32.2. The van der Waals surface area contributed by atoms with Gasteiger partial charge in [0.25, 0.3) is 0 Å². The number of H-pyrrole nitrogens is 1. The highest BCUT2D eigenvalue weighted by molar-refractivity contribution is 7.89. The van der Waals surface area contributed by atoms with Crippen LogP contribution in [0.5, 0.6) is 0 Å². The summed E-state index contributed by atoms with van der Waals surface area (Å²) >= 11 is 4.91. The van der Waals surface area contributed by atoms with E-state index in [0.717, 1.165) is 5.56 Å². The molecule has 0 spiro atoms. The maximum absolute atomic E-state index is 12.5. The average Bonchev–Trinajstić information content (AvgIpc) is 2.90. The van der Waals surface area contributed by atoms with E-state index < -0.39 is 10.0 Å². The van der Waals surface area contributed by atoms with Gasteiger partial charge in [-0.25, -0.2) is 13.4 Å². The number of benzene rings is 1. The lowest BCUT2D eigenvalue weighted by Crippen LogP contribution is -2.27. The molecule has 1 heterocycles. The lowest BCUT2D eigenvalue weighted by Gasteiger charge is -2.16. The fourth-order valence-electron chi connectivity index (χ4n) is 1.86. The van der Waals surface area contributed by atoms with Crippen LogP contribution in [0.15, 0.2) is 29.4 Å². The Morgan fingerprint density at radius 2 is 2.19 bits per heavy atom. The quantitative estimate of drug-likeness (QED) is 0.779. The molecule has 0 fully saturated rings. The molecule has 1 aromatic heterocycles. The molecule has 1 aromatic carbocycles. The Bertz CT molecular complexity index is 756. The summed E-state index contributed by atoms with van der Waals surface area (Å²) in [6.45, 7) is 1.88. The van der Waals surface area contributed by atoms with E-state index in [1.54, 1.807) is 19.1 Å². The van der Waals surface area contributed by atoms with Crippen LogP contribution in [0.2, 0.25) is 0 Å². The van der Waals surface area contributed by atoms with Crippen LogP contribution in [-0.2, 0) is 16.6 Å². The molecule has 9 heteroatoms. The molecule has 0 aliphatic carbocycles. The third-order valence-corrected chi connectivity index (χ3v) is 5.03. The minimum Gasteiger partial charge on any atom is -0.389 e. The summed E-state index contributed by atoms with van der Waals surface area (Å²) in [4.78, 5) is 4.34. The van der Waals surface area contributed by atoms with Crippen molar-refractivity contribution in [1.29, 1.82) is 0 Å². The van der Waals surface area contributed by atoms with Crippen LogP contribution < -0.4 is 5.73 Å². The molecule has 3 N–H and O–H groups in total. The van der Waals surface area contributed by atoms with E-state index in [0.29, 0.717) is 11.4 Å². The second-order valence-corrected chi connectivity index (χ2v) is 7.02. The second-order valence-electron chi connectivity index (χ2n) is 4.53. The smallest absolute Gasteiger partial charge is 0.243 e. The number of hydrogen-bond acceptors (Lipinski definition) is 5. The summed E-state index contributed by atoms with van der Waals surface area (Å²) in [5, 5.41) is 6.32. The fraction of sp³-hybridized carbons (Fsp3) is 0.250. The number of rotatable bonds is 5. The van der Waals surface area contributed by atoms with E-state index in [2.05, 4.69) is 15.2 Å². The first kappa shape index (κ1) is 15.5. The van der Waals surface area contributed by atoms with E-state index in [9.17, 15) is 8.42 Å². The topological polar surface area (TPSA) is 105 Å². The number of nitrogens with zero attached hydrogens (tertiary/aromatic N) is 3. The van der Waals surface area contributed by atoms with Crippen molar-refractivity contribution in [1.82, 2.24) is 19.5 Å². The molecule has 2 rings (SSSR count).